The lowest BCUT2D eigenvalue weighted by atomic mass is 9.92. The maximum atomic E-state index is 10.3. The summed E-state index contributed by atoms with van der Waals surface area (Å²) in [6.07, 6.45) is 8.65. The van der Waals surface area contributed by atoms with Crippen molar-refractivity contribution in [1.82, 2.24) is 15.5 Å². The quantitative estimate of drug-likeness (QED) is 0.449. The zero-order valence-corrected chi connectivity index (χ0v) is 18.8. The molecule has 30 heavy (non-hydrogen) atoms. The second-order valence-electron chi connectivity index (χ2n) is 8.75. The van der Waals surface area contributed by atoms with Gasteiger partial charge in [-0.25, -0.2) is 0 Å². The summed E-state index contributed by atoms with van der Waals surface area (Å²) < 4.78 is 5.69. The molecule has 0 aromatic heterocycles. The van der Waals surface area contributed by atoms with Gasteiger partial charge in [0.05, 0.1) is 6.54 Å². The van der Waals surface area contributed by atoms with Crippen molar-refractivity contribution in [3.05, 3.63) is 29.8 Å². The molecule has 1 heterocycles. The van der Waals surface area contributed by atoms with Crippen molar-refractivity contribution in [1.29, 1.82) is 0 Å². The van der Waals surface area contributed by atoms with Crippen LogP contribution in [0.3, 0.4) is 0 Å². The molecule has 1 saturated heterocycles. The van der Waals surface area contributed by atoms with Gasteiger partial charge in [0, 0.05) is 31.7 Å². The SMILES string of the molecule is CCNC(=NCC(O)COc1cccc(C)c1)NC1CCN(C2CCCCC2)CC1. The van der Waals surface area contributed by atoms with Gasteiger partial charge >= 0.3 is 0 Å². The van der Waals surface area contributed by atoms with Crippen molar-refractivity contribution in [2.45, 2.75) is 77.0 Å². The monoisotopic (exact) mass is 416 g/mol. The first-order chi connectivity index (χ1) is 14.6. The van der Waals surface area contributed by atoms with Crippen LogP contribution in [0.1, 0.15) is 57.4 Å². The summed E-state index contributed by atoms with van der Waals surface area (Å²) in [5.41, 5.74) is 1.15. The Morgan fingerprint density at radius 2 is 1.97 bits per heavy atom. The highest BCUT2D eigenvalue weighted by Crippen LogP contribution is 2.25. The van der Waals surface area contributed by atoms with Gasteiger partial charge in [0.2, 0.25) is 0 Å². The van der Waals surface area contributed by atoms with Crippen LogP contribution in [0.5, 0.6) is 5.75 Å². The molecule has 3 rings (SSSR count). The average Bonchev–Trinajstić information content (AvgIpc) is 2.77. The number of hydrogen-bond donors (Lipinski definition) is 3. The summed E-state index contributed by atoms with van der Waals surface area (Å²) in [5, 5.41) is 17.2. The molecule has 0 bridgehead atoms. The third kappa shape index (κ3) is 7.47. The highest BCUT2D eigenvalue weighted by molar-refractivity contribution is 5.80. The van der Waals surface area contributed by atoms with E-state index in [0.29, 0.717) is 12.6 Å². The van der Waals surface area contributed by atoms with E-state index in [0.717, 1.165) is 42.7 Å². The van der Waals surface area contributed by atoms with Gasteiger partial charge in [-0.3, -0.25) is 4.99 Å². The van der Waals surface area contributed by atoms with E-state index in [-0.39, 0.29) is 6.61 Å². The van der Waals surface area contributed by atoms with E-state index in [2.05, 4.69) is 27.4 Å². The molecular formula is C24H40N4O2. The lowest BCUT2D eigenvalue weighted by Crippen LogP contribution is -2.51. The highest BCUT2D eigenvalue weighted by Gasteiger charge is 2.26. The molecule has 0 radical (unpaired) electrons. The average molecular weight is 417 g/mol. The Morgan fingerprint density at radius 1 is 1.20 bits per heavy atom. The number of aliphatic hydroxyl groups excluding tert-OH is 1. The summed E-state index contributed by atoms with van der Waals surface area (Å²) >= 11 is 0. The molecule has 2 aliphatic rings. The normalized spacial score (nSPS) is 20.7. The van der Waals surface area contributed by atoms with E-state index in [9.17, 15) is 5.11 Å². The van der Waals surface area contributed by atoms with Crippen molar-refractivity contribution in [2.24, 2.45) is 4.99 Å². The number of aryl methyl sites for hydroxylation is 1. The number of aliphatic hydroxyl groups is 1. The summed E-state index contributed by atoms with van der Waals surface area (Å²) in [6.45, 7) is 7.82. The minimum Gasteiger partial charge on any atom is -0.491 e. The topological polar surface area (TPSA) is 69.1 Å². The number of rotatable bonds is 8. The van der Waals surface area contributed by atoms with E-state index in [1.54, 1.807) is 0 Å². The van der Waals surface area contributed by atoms with Crippen LogP contribution in [0.4, 0.5) is 0 Å². The second-order valence-corrected chi connectivity index (χ2v) is 8.75. The Bertz CT molecular complexity index is 652. The predicted octanol–water partition coefficient (Wildman–Crippen LogP) is 3.09. The standard InChI is InChI=1S/C24H40N4O2/c1-3-25-24(26-17-22(29)18-30-23-11-7-8-19(2)16-23)27-20-12-14-28(15-13-20)21-9-5-4-6-10-21/h7-8,11,16,20-22,29H,3-6,9-10,12-15,17-18H2,1-2H3,(H2,25,26,27). The van der Waals surface area contributed by atoms with Gasteiger partial charge in [0.1, 0.15) is 18.5 Å². The molecule has 1 atom stereocenters. The molecule has 1 aliphatic heterocycles. The molecule has 1 aromatic rings. The maximum absolute atomic E-state index is 10.3. The van der Waals surface area contributed by atoms with E-state index in [1.165, 1.54) is 45.2 Å². The predicted molar refractivity (Wildman–Crippen MR) is 123 cm³/mol. The molecule has 1 aliphatic carbocycles. The number of ether oxygens (including phenoxy) is 1. The van der Waals surface area contributed by atoms with E-state index >= 15 is 0 Å². The molecular weight excluding hydrogens is 376 g/mol. The Morgan fingerprint density at radius 3 is 2.67 bits per heavy atom. The van der Waals surface area contributed by atoms with Crippen LogP contribution in [0.2, 0.25) is 0 Å². The van der Waals surface area contributed by atoms with Gasteiger partial charge in [0.25, 0.3) is 0 Å². The Hall–Kier alpha value is -1.79. The van der Waals surface area contributed by atoms with Crippen LogP contribution >= 0.6 is 0 Å². The van der Waals surface area contributed by atoms with Gasteiger partial charge in [-0.1, -0.05) is 31.4 Å². The first-order valence-corrected chi connectivity index (χ1v) is 11.8. The Balaban J connectivity index is 1.41. The number of aliphatic imine (C=N–C) groups is 1. The third-order valence-electron chi connectivity index (χ3n) is 6.20. The second kappa shape index (κ2) is 12.2. The van der Waals surface area contributed by atoms with Crippen molar-refractivity contribution in [3.63, 3.8) is 0 Å². The fraction of sp³-hybridized carbons (Fsp3) is 0.708. The van der Waals surface area contributed by atoms with Gasteiger partial charge < -0.3 is 25.4 Å². The van der Waals surface area contributed by atoms with Crippen molar-refractivity contribution >= 4 is 5.96 Å². The number of likely N-dealkylation sites (tertiary alicyclic amines) is 1. The van der Waals surface area contributed by atoms with Crippen molar-refractivity contribution < 1.29 is 9.84 Å². The number of nitrogens with zero attached hydrogens (tertiary/aromatic N) is 2. The Kier molecular flexibility index (Phi) is 9.27. The molecule has 6 heteroatoms. The molecule has 3 N–H and O–H groups in total. The number of hydrogen-bond acceptors (Lipinski definition) is 4. The minimum atomic E-state index is -0.630. The Labute approximate surface area is 182 Å². The van der Waals surface area contributed by atoms with E-state index in [4.69, 9.17) is 4.74 Å². The maximum Gasteiger partial charge on any atom is 0.191 e. The smallest absolute Gasteiger partial charge is 0.191 e. The third-order valence-corrected chi connectivity index (χ3v) is 6.20. The number of guanidine groups is 1. The minimum absolute atomic E-state index is 0.242. The summed E-state index contributed by atoms with van der Waals surface area (Å²) in [5.74, 6) is 1.58. The fourth-order valence-corrected chi connectivity index (χ4v) is 4.52. The van der Waals surface area contributed by atoms with Crippen LogP contribution in [0.25, 0.3) is 0 Å². The van der Waals surface area contributed by atoms with Crippen LogP contribution in [0.15, 0.2) is 29.3 Å². The largest absolute Gasteiger partial charge is 0.491 e. The number of piperidine rings is 1. The molecule has 168 valence electrons. The van der Waals surface area contributed by atoms with E-state index < -0.39 is 6.10 Å². The lowest BCUT2D eigenvalue weighted by Gasteiger charge is -2.39. The van der Waals surface area contributed by atoms with E-state index in [1.807, 2.05) is 31.2 Å². The highest BCUT2D eigenvalue weighted by atomic mass is 16.5. The first kappa shape index (κ1) is 22.9. The fourth-order valence-electron chi connectivity index (χ4n) is 4.52. The summed E-state index contributed by atoms with van der Waals surface area (Å²) in [6, 6.07) is 9.13. The molecule has 1 unspecified atom stereocenters. The zero-order valence-electron chi connectivity index (χ0n) is 18.8. The van der Waals surface area contributed by atoms with Gasteiger partial charge in [-0.05, 0) is 57.2 Å². The molecule has 0 spiro atoms. The molecule has 0 amide bonds. The van der Waals surface area contributed by atoms with Crippen molar-refractivity contribution in [2.75, 3.05) is 32.8 Å². The molecule has 2 fully saturated rings. The first-order valence-electron chi connectivity index (χ1n) is 11.8. The molecule has 1 aromatic carbocycles. The van der Waals surface area contributed by atoms with Crippen LogP contribution in [-0.4, -0.2) is 66.9 Å². The lowest BCUT2D eigenvalue weighted by molar-refractivity contribution is 0.114. The molecule has 1 saturated carbocycles. The summed E-state index contributed by atoms with van der Waals surface area (Å²) in [4.78, 5) is 7.30. The van der Waals surface area contributed by atoms with Crippen LogP contribution in [-0.2, 0) is 0 Å². The van der Waals surface area contributed by atoms with Gasteiger partial charge in [0.15, 0.2) is 5.96 Å². The van der Waals surface area contributed by atoms with Gasteiger partial charge in [-0.15, -0.1) is 0 Å². The zero-order chi connectivity index (χ0) is 21.2. The van der Waals surface area contributed by atoms with Crippen LogP contribution in [0, 0.1) is 6.92 Å². The number of benzene rings is 1. The van der Waals surface area contributed by atoms with Gasteiger partial charge in [-0.2, -0.15) is 0 Å². The molecule has 6 nitrogen and oxygen atoms in total. The number of nitrogens with one attached hydrogen (secondary N) is 2. The van der Waals surface area contributed by atoms with Crippen LogP contribution < -0.4 is 15.4 Å². The van der Waals surface area contributed by atoms with Crippen molar-refractivity contribution in [3.8, 4) is 5.75 Å². The summed E-state index contributed by atoms with van der Waals surface area (Å²) in [7, 11) is 0.